The normalized spacial score (nSPS) is 15.5. The highest BCUT2D eigenvalue weighted by molar-refractivity contribution is 5.77. The zero-order valence-corrected chi connectivity index (χ0v) is 10.8. The smallest absolute Gasteiger partial charge is 0.313 e. The Bertz CT molecular complexity index is 307. The number of esters is 1. The third-order valence-electron chi connectivity index (χ3n) is 2.16. The lowest BCUT2D eigenvalue weighted by Crippen LogP contribution is -2.35. The second-order valence-electron chi connectivity index (χ2n) is 5.17. The molecule has 0 heterocycles. The Morgan fingerprint density at radius 2 is 1.94 bits per heavy atom. The van der Waals surface area contributed by atoms with Gasteiger partial charge in [-0.05, 0) is 41.0 Å². The molecule has 0 spiro atoms. The molecule has 1 atom stereocenters. The van der Waals surface area contributed by atoms with Crippen molar-refractivity contribution >= 4 is 5.97 Å². The standard InChI is InChI=1S/C13H21NO2/c1-6-7-8-13(5,9-10-14)11(15)16-12(2,3)4/h6-7H,8-9H2,1-5H3/b7-6+. The Morgan fingerprint density at radius 3 is 2.31 bits per heavy atom. The Balaban J connectivity index is 4.77. The molecular weight excluding hydrogens is 202 g/mol. The molecule has 0 aliphatic rings. The van der Waals surface area contributed by atoms with Gasteiger partial charge in [0.1, 0.15) is 5.60 Å². The zero-order valence-electron chi connectivity index (χ0n) is 10.8. The number of nitriles is 1. The fourth-order valence-electron chi connectivity index (χ4n) is 1.18. The highest BCUT2D eigenvalue weighted by Crippen LogP contribution is 2.30. The minimum absolute atomic E-state index is 0.173. The van der Waals surface area contributed by atoms with Gasteiger partial charge in [-0.1, -0.05) is 12.2 Å². The van der Waals surface area contributed by atoms with E-state index in [4.69, 9.17) is 10.00 Å². The molecule has 0 aliphatic carbocycles. The predicted molar refractivity (Wildman–Crippen MR) is 63.6 cm³/mol. The van der Waals surface area contributed by atoms with E-state index in [9.17, 15) is 4.79 Å². The van der Waals surface area contributed by atoms with Crippen LogP contribution < -0.4 is 0 Å². The molecule has 3 heteroatoms. The first kappa shape index (κ1) is 14.7. The lowest BCUT2D eigenvalue weighted by Gasteiger charge is -2.28. The molecule has 1 unspecified atom stereocenters. The second-order valence-corrected chi connectivity index (χ2v) is 5.17. The Labute approximate surface area is 98.1 Å². The SMILES string of the molecule is C/C=C/CC(C)(CC#N)C(=O)OC(C)(C)C. The molecule has 0 saturated carbocycles. The van der Waals surface area contributed by atoms with Crippen LogP contribution in [0.5, 0.6) is 0 Å². The molecule has 0 aromatic carbocycles. The van der Waals surface area contributed by atoms with Gasteiger partial charge in [-0.25, -0.2) is 0 Å². The van der Waals surface area contributed by atoms with Gasteiger partial charge in [-0.3, -0.25) is 4.79 Å². The van der Waals surface area contributed by atoms with E-state index >= 15 is 0 Å². The van der Waals surface area contributed by atoms with Crippen LogP contribution in [0.25, 0.3) is 0 Å². The molecule has 90 valence electrons. The molecular formula is C13H21NO2. The van der Waals surface area contributed by atoms with E-state index in [0.717, 1.165) is 0 Å². The fourth-order valence-corrected chi connectivity index (χ4v) is 1.18. The van der Waals surface area contributed by atoms with Crippen molar-refractivity contribution in [2.45, 2.75) is 53.1 Å². The maximum absolute atomic E-state index is 12.0. The van der Waals surface area contributed by atoms with Crippen LogP contribution in [0, 0.1) is 16.7 Å². The molecule has 0 amide bonds. The van der Waals surface area contributed by atoms with Crippen molar-refractivity contribution in [3.63, 3.8) is 0 Å². The summed E-state index contributed by atoms with van der Waals surface area (Å²) in [5, 5.41) is 8.77. The van der Waals surface area contributed by atoms with Crippen molar-refractivity contribution in [3.8, 4) is 6.07 Å². The number of rotatable bonds is 4. The minimum atomic E-state index is -0.742. The Morgan fingerprint density at radius 1 is 1.38 bits per heavy atom. The van der Waals surface area contributed by atoms with E-state index in [1.54, 1.807) is 6.92 Å². The molecule has 0 bridgehead atoms. The zero-order chi connectivity index (χ0) is 12.8. The molecule has 0 saturated heterocycles. The van der Waals surface area contributed by atoms with E-state index in [1.165, 1.54) is 0 Å². The van der Waals surface area contributed by atoms with Crippen LogP contribution in [0.2, 0.25) is 0 Å². The van der Waals surface area contributed by atoms with Crippen molar-refractivity contribution in [1.82, 2.24) is 0 Å². The molecule has 0 aliphatic heterocycles. The first-order valence-corrected chi connectivity index (χ1v) is 5.47. The molecule has 3 nitrogen and oxygen atoms in total. The van der Waals surface area contributed by atoms with Gasteiger partial charge in [0.2, 0.25) is 0 Å². The first-order valence-electron chi connectivity index (χ1n) is 5.47. The largest absolute Gasteiger partial charge is 0.460 e. The molecule has 0 aromatic heterocycles. The lowest BCUT2D eigenvalue weighted by molar-refractivity contribution is -0.166. The summed E-state index contributed by atoms with van der Waals surface area (Å²) in [5.41, 5.74) is -1.25. The summed E-state index contributed by atoms with van der Waals surface area (Å²) in [6, 6.07) is 2.05. The second kappa shape index (κ2) is 5.69. The highest BCUT2D eigenvalue weighted by atomic mass is 16.6. The van der Waals surface area contributed by atoms with Gasteiger partial charge in [-0.2, -0.15) is 5.26 Å². The van der Waals surface area contributed by atoms with E-state index in [1.807, 2.05) is 45.9 Å². The predicted octanol–water partition coefficient (Wildman–Crippen LogP) is 3.21. The molecule has 0 fully saturated rings. The van der Waals surface area contributed by atoms with Crippen molar-refractivity contribution in [2.75, 3.05) is 0 Å². The molecule has 0 radical (unpaired) electrons. The Hall–Kier alpha value is -1.30. The molecule has 0 aromatic rings. The van der Waals surface area contributed by atoms with Crippen LogP contribution in [-0.4, -0.2) is 11.6 Å². The van der Waals surface area contributed by atoms with E-state index in [2.05, 4.69) is 0 Å². The fraction of sp³-hybridized carbons (Fsp3) is 0.692. The number of carbonyl (C=O) groups excluding carboxylic acids is 1. The highest BCUT2D eigenvalue weighted by Gasteiger charge is 2.36. The van der Waals surface area contributed by atoms with Gasteiger partial charge in [0.25, 0.3) is 0 Å². The number of hydrogen-bond donors (Lipinski definition) is 0. The molecule has 0 rings (SSSR count). The maximum Gasteiger partial charge on any atom is 0.313 e. The van der Waals surface area contributed by atoms with Gasteiger partial charge < -0.3 is 4.74 Å². The van der Waals surface area contributed by atoms with E-state index in [-0.39, 0.29) is 12.4 Å². The number of nitrogens with zero attached hydrogens (tertiary/aromatic N) is 1. The van der Waals surface area contributed by atoms with Crippen molar-refractivity contribution in [1.29, 1.82) is 5.26 Å². The van der Waals surface area contributed by atoms with Gasteiger partial charge in [0, 0.05) is 0 Å². The summed E-state index contributed by atoms with van der Waals surface area (Å²) in [5.74, 6) is -0.306. The number of allylic oxidation sites excluding steroid dienone is 2. The van der Waals surface area contributed by atoms with Crippen molar-refractivity contribution < 1.29 is 9.53 Å². The Kier molecular flexibility index (Phi) is 5.23. The van der Waals surface area contributed by atoms with Crippen LogP contribution in [0.3, 0.4) is 0 Å². The van der Waals surface area contributed by atoms with Crippen LogP contribution in [0.4, 0.5) is 0 Å². The summed E-state index contributed by atoms with van der Waals surface area (Å²) in [6.07, 6.45) is 4.47. The van der Waals surface area contributed by atoms with Gasteiger partial charge in [0.05, 0.1) is 17.9 Å². The average Bonchev–Trinajstić information content (AvgIpc) is 2.12. The van der Waals surface area contributed by atoms with E-state index < -0.39 is 11.0 Å². The van der Waals surface area contributed by atoms with Gasteiger partial charge in [-0.15, -0.1) is 0 Å². The average molecular weight is 223 g/mol. The quantitative estimate of drug-likeness (QED) is 0.543. The number of hydrogen-bond acceptors (Lipinski definition) is 3. The summed E-state index contributed by atoms with van der Waals surface area (Å²) in [7, 11) is 0. The van der Waals surface area contributed by atoms with E-state index in [0.29, 0.717) is 6.42 Å². The van der Waals surface area contributed by atoms with Crippen LogP contribution in [0.15, 0.2) is 12.2 Å². The third kappa shape index (κ3) is 4.97. The minimum Gasteiger partial charge on any atom is -0.460 e. The number of ether oxygens (including phenoxy) is 1. The first-order chi connectivity index (χ1) is 7.25. The summed E-state index contributed by atoms with van der Waals surface area (Å²) in [4.78, 5) is 12.0. The van der Waals surface area contributed by atoms with Crippen LogP contribution >= 0.6 is 0 Å². The third-order valence-corrected chi connectivity index (χ3v) is 2.16. The van der Waals surface area contributed by atoms with Gasteiger partial charge >= 0.3 is 5.97 Å². The van der Waals surface area contributed by atoms with Crippen LogP contribution in [0.1, 0.15) is 47.5 Å². The summed E-state index contributed by atoms with van der Waals surface area (Å²) < 4.78 is 5.33. The summed E-state index contributed by atoms with van der Waals surface area (Å²) in [6.45, 7) is 9.14. The maximum atomic E-state index is 12.0. The molecule has 0 N–H and O–H groups in total. The number of carbonyl (C=O) groups is 1. The lowest BCUT2D eigenvalue weighted by atomic mass is 9.83. The molecule has 16 heavy (non-hydrogen) atoms. The topological polar surface area (TPSA) is 50.1 Å². The van der Waals surface area contributed by atoms with Crippen molar-refractivity contribution in [3.05, 3.63) is 12.2 Å². The van der Waals surface area contributed by atoms with Crippen molar-refractivity contribution in [2.24, 2.45) is 5.41 Å². The van der Waals surface area contributed by atoms with Crippen LogP contribution in [-0.2, 0) is 9.53 Å². The monoisotopic (exact) mass is 223 g/mol. The summed E-state index contributed by atoms with van der Waals surface area (Å²) >= 11 is 0. The van der Waals surface area contributed by atoms with Gasteiger partial charge in [0.15, 0.2) is 0 Å².